The summed E-state index contributed by atoms with van der Waals surface area (Å²) in [5, 5.41) is 2.57. The van der Waals surface area contributed by atoms with Gasteiger partial charge in [-0.2, -0.15) is 0 Å². The van der Waals surface area contributed by atoms with Crippen molar-refractivity contribution in [1.82, 2.24) is 10.2 Å². The Kier molecular flexibility index (Phi) is 8.34. The first-order chi connectivity index (χ1) is 11.4. The first-order valence-electron chi connectivity index (χ1n) is 8.13. The van der Waals surface area contributed by atoms with Crippen LogP contribution in [0.2, 0.25) is 0 Å². The summed E-state index contributed by atoms with van der Waals surface area (Å²) in [7, 11) is 0. The van der Waals surface area contributed by atoms with Gasteiger partial charge >= 0.3 is 0 Å². The average molecular weight is 340 g/mol. The SMILES string of the molecule is NCCCC[C@H](NC(=O)[C@@H](N)CC(N)=O)C(=O)N1CCC[C@H]1[C]=O. The third-order valence-electron chi connectivity index (χ3n) is 3.99. The zero-order valence-corrected chi connectivity index (χ0v) is 13.7. The Hall–Kier alpha value is -2.00. The molecule has 7 N–H and O–H groups in total. The van der Waals surface area contributed by atoms with E-state index in [1.54, 1.807) is 0 Å². The van der Waals surface area contributed by atoms with Crippen molar-refractivity contribution in [2.24, 2.45) is 17.2 Å². The minimum atomic E-state index is -1.11. The number of nitrogens with two attached hydrogens (primary N) is 3. The van der Waals surface area contributed by atoms with Gasteiger partial charge in [-0.1, -0.05) is 0 Å². The molecule has 0 aromatic rings. The number of rotatable bonds is 10. The van der Waals surface area contributed by atoms with E-state index in [-0.39, 0.29) is 12.3 Å². The molecule has 1 radical (unpaired) electrons. The van der Waals surface area contributed by atoms with Gasteiger partial charge in [-0.3, -0.25) is 19.2 Å². The van der Waals surface area contributed by atoms with Crippen molar-refractivity contribution in [3.63, 3.8) is 0 Å². The van der Waals surface area contributed by atoms with Gasteiger partial charge in [-0.25, -0.2) is 0 Å². The molecular weight excluding hydrogens is 314 g/mol. The summed E-state index contributed by atoms with van der Waals surface area (Å²) in [6, 6.07) is -2.50. The molecule has 135 valence electrons. The third-order valence-corrected chi connectivity index (χ3v) is 3.99. The molecule has 9 nitrogen and oxygen atoms in total. The molecule has 3 amide bonds. The lowest BCUT2D eigenvalue weighted by Gasteiger charge is -2.27. The predicted molar refractivity (Wildman–Crippen MR) is 87.1 cm³/mol. The first kappa shape index (κ1) is 20.0. The van der Waals surface area contributed by atoms with Crippen LogP contribution >= 0.6 is 0 Å². The van der Waals surface area contributed by atoms with E-state index in [4.69, 9.17) is 17.2 Å². The zero-order chi connectivity index (χ0) is 18.1. The largest absolute Gasteiger partial charge is 0.370 e. The smallest absolute Gasteiger partial charge is 0.245 e. The maximum Gasteiger partial charge on any atom is 0.245 e. The molecule has 0 aliphatic carbocycles. The molecule has 9 heteroatoms. The molecule has 1 fully saturated rings. The maximum atomic E-state index is 12.7. The lowest BCUT2D eigenvalue weighted by atomic mass is 10.1. The van der Waals surface area contributed by atoms with Crippen molar-refractivity contribution < 1.29 is 19.2 Å². The second-order valence-electron chi connectivity index (χ2n) is 5.93. The quantitative estimate of drug-likeness (QED) is 0.333. The Morgan fingerprint density at radius 2 is 2.00 bits per heavy atom. The van der Waals surface area contributed by atoms with Crippen LogP contribution in [0.3, 0.4) is 0 Å². The van der Waals surface area contributed by atoms with Gasteiger partial charge in [0.05, 0.1) is 18.5 Å². The highest BCUT2D eigenvalue weighted by Crippen LogP contribution is 2.18. The van der Waals surface area contributed by atoms with Gasteiger partial charge in [0, 0.05) is 6.54 Å². The Bertz CT molecular complexity index is 471. The lowest BCUT2D eigenvalue weighted by Crippen LogP contribution is -2.54. The molecule has 0 aromatic carbocycles. The highest BCUT2D eigenvalue weighted by molar-refractivity contribution is 5.92. The molecule has 0 spiro atoms. The number of carbonyl (C=O) groups is 3. The molecule has 0 bridgehead atoms. The Balaban J connectivity index is 2.75. The molecule has 24 heavy (non-hydrogen) atoms. The summed E-state index contributed by atoms with van der Waals surface area (Å²) in [4.78, 5) is 48.0. The Morgan fingerprint density at radius 1 is 1.29 bits per heavy atom. The van der Waals surface area contributed by atoms with Crippen molar-refractivity contribution in [1.29, 1.82) is 0 Å². The number of nitrogens with one attached hydrogen (secondary N) is 1. The van der Waals surface area contributed by atoms with Crippen LogP contribution in [0.1, 0.15) is 38.5 Å². The summed E-state index contributed by atoms with van der Waals surface area (Å²) in [5.74, 6) is -1.65. The number of primary amides is 1. The van der Waals surface area contributed by atoms with Crippen LogP contribution in [0.4, 0.5) is 0 Å². The van der Waals surface area contributed by atoms with Crippen LogP contribution in [-0.4, -0.2) is 60.1 Å². The summed E-state index contributed by atoms with van der Waals surface area (Å²) in [5.41, 5.74) is 16.1. The van der Waals surface area contributed by atoms with E-state index in [2.05, 4.69) is 5.32 Å². The fourth-order valence-electron chi connectivity index (χ4n) is 2.69. The van der Waals surface area contributed by atoms with Crippen LogP contribution in [0, 0.1) is 0 Å². The van der Waals surface area contributed by atoms with Crippen LogP contribution in [0.5, 0.6) is 0 Å². The second-order valence-corrected chi connectivity index (χ2v) is 5.93. The molecule has 1 aliphatic heterocycles. The van der Waals surface area contributed by atoms with Crippen molar-refractivity contribution in [2.75, 3.05) is 13.1 Å². The van der Waals surface area contributed by atoms with Gasteiger partial charge < -0.3 is 27.4 Å². The summed E-state index contributed by atoms with van der Waals surface area (Å²) in [6.45, 7) is 0.930. The van der Waals surface area contributed by atoms with Crippen LogP contribution in [0.25, 0.3) is 0 Å². The highest BCUT2D eigenvalue weighted by Gasteiger charge is 2.34. The molecule has 1 rings (SSSR count). The number of amides is 3. The van der Waals surface area contributed by atoms with Gasteiger partial charge in [-0.15, -0.1) is 0 Å². The van der Waals surface area contributed by atoms with Gasteiger partial charge in [0.2, 0.25) is 24.0 Å². The Morgan fingerprint density at radius 3 is 2.58 bits per heavy atom. The van der Waals surface area contributed by atoms with E-state index in [0.717, 1.165) is 6.42 Å². The number of hydrogen-bond donors (Lipinski definition) is 4. The molecule has 3 atom stereocenters. The normalized spacial score (nSPS) is 19.6. The molecule has 1 heterocycles. The van der Waals surface area contributed by atoms with Crippen LogP contribution in [0.15, 0.2) is 0 Å². The summed E-state index contributed by atoms with van der Waals surface area (Å²) in [6.07, 6.45) is 4.57. The number of nitrogens with zero attached hydrogens (tertiary/aromatic N) is 1. The average Bonchev–Trinajstić information content (AvgIpc) is 3.01. The zero-order valence-electron chi connectivity index (χ0n) is 13.7. The summed E-state index contributed by atoms with van der Waals surface area (Å²) < 4.78 is 0. The van der Waals surface area contributed by atoms with Gasteiger partial charge in [-0.05, 0) is 38.6 Å². The number of unbranched alkanes of at least 4 members (excludes halogenated alkanes) is 1. The minimum absolute atomic E-state index is 0.302. The van der Waals surface area contributed by atoms with E-state index in [1.165, 1.54) is 4.90 Å². The second kappa shape index (κ2) is 9.99. The van der Waals surface area contributed by atoms with Gasteiger partial charge in [0.15, 0.2) is 0 Å². The van der Waals surface area contributed by atoms with Crippen molar-refractivity contribution in [2.45, 2.75) is 56.7 Å². The molecule has 1 saturated heterocycles. The third kappa shape index (κ3) is 5.89. The van der Waals surface area contributed by atoms with E-state index >= 15 is 0 Å². The van der Waals surface area contributed by atoms with E-state index in [0.29, 0.717) is 38.8 Å². The van der Waals surface area contributed by atoms with E-state index in [1.807, 2.05) is 6.29 Å². The number of hydrogen-bond acceptors (Lipinski definition) is 6. The fourth-order valence-corrected chi connectivity index (χ4v) is 2.69. The van der Waals surface area contributed by atoms with Crippen molar-refractivity contribution >= 4 is 24.0 Å². The van der Waals surface area contributed by atoms with Gasteiger partial charge in [0.25, 0.3) is 0 Å². The summed E-state index contributed by atoms with van der Waals surface area (Å²) >= 11 is 0. The topological polar surface area (TPSA) is 162 Å². The lowest BCUT2D eigenvalue weighted by molar-refractivity contribution is -0.137. The standard InChI is InChI=1S/C15H26N5O4/c16-6-2-1-5-12(19-14(23)11(17)8-13(18)22)15(24)20-7-3-4-10(20)9-21/h10-12H,1-8,16-17H2,(H2,18,22)(H,19,23)/t10-,11-,12-/m0/s1. The fraction of sp³-hybridized carbons (Fsp3) is 0.733. The molecular formula is C15H26N5O4. The van der Waals surface area contributed by atoms with Crippen LogP contribution in [-0.2, 0) is 19.2 Å². The number of carbonyl (C=O) groups excluding carboxylic acids is 4. The number of likely N-dealkylation sites (tertiary alicyclic amines) is 1. The van der Waals surface area contributed by atoms with Crippen LogP contribution < -0.4 is 22.5 Å². The molecule has 0 aromatic heterocycles. The van der Waals surface area contributed by atoms with E-state index in [9.17, 15) is 19.2 Å². The molecule has 1 aliphatic rings. The Labute approximate surface area is 141 Å². The molecule has 0 unspecified atom stereocenters. The molecule has 0 saturated carbocycles. The minimum Gasteiger partial charge on any atom is -0.370 e. The van der Waals surface area contributed by atoms with E-state index < -0.39 is 29.9 Å². The van der Waals surface area contributed by atoms with Gasteiger partial charge in [0.1, 0.15) is 6.04 Å². The first-order valence-corrected chi connectivity index (χ1v) is 8.13. The van der Waals surface area contributed by atoms with Crippen molar-refractivity contribution in [3.8, 4) is 0 Å². The highest BCUT2D eigenvalue weighted by atomic mass is 16.2. The maximum absolute atomic E-state index is 12.7. The van der Waals surface area contributed by atoms with Crippen molar-refractivity contribution in [3.05, 3.63) is 0 Å². The predicted octanol–water partition coefficient (Wildman–Crippen LogP) is -2.10. The monoisotopic (exact) mass is 340 g/mol.